The highest BCUT2D eigenvalue weighted by Gasteiger charge is 2.20. The van der Waals surface area contributed by atoms with E-state index >= 15 is 0 Å². The molecule has 0 amide bonds. The molecular weight excluding hydrogens is 274 g/mol. The molecule has 0 aromatic carbocycles. The zero-order chi connectivity index (χ0) is 14.7. The second-order valence-corrected chi connectivity index (χ2v) is 4.99. The monoisotopic (exact) mass is 291 g/mol. The van der Waals surface area contributed by atoms with Gasteiger partial charge < -0.3 is 4.90 Å². The van der Waals surface area contributed by atoms with Gasteiger partial charge in [-0.05, 0) is 26.8 Å². The van der Waals surface area contributed by atoms with Crippen LogP contribution in [0.4, 0.5) is 0 Å². The van der Waals surface area contributed by atoms with Crippen molar-refractivity contribution in [2.75, 3.05) is 13.1 Å². The number of fused-ring (bicyclic) bond motifs is 1. The minimum atomic E-state index is -0.124. The van der Waals surface area contributed by atoms with Crippen molar-refractivity contribution in [2.45, 2.75) is 26.1 Å². The lowest BCUT2D eigenvalue weighted by Crippen LogP contribution is -2.29. The van der Waals surface area contributed by atoms with Crippen LogP contribution in [0.5, 0.6) is 0 Å². The molecule has 5 nitrogen and oxygen atoms in total. The summed E-state index contributed by atoms with van der Waals surface area (Å²) in [5.41, 5.74) is 2.58. The predicted octanol–water partition coefficient (Wildman–Crippen LogP) is 2.64. The third kappa shape index (κ3) is 3.04. The van der Waals surface area contributed by atoms with E-state index in [1.807, 2.05) is 43.9 Å². The number of allylic oxidation sites excluding steroid dienone is 4. The molecule has 2 aliphatic rings. The largest absolute Gasteiger partial charge is 0.342 e. The van der Waals surface area contributed by atoms with Gasteiger partial charge in [0, 0.05) is 18.7 Å². The van der Waals surface area contributed by atoms with Crippen LogP contribution >= 0.6 is 11.6 Å². The van der Waals surface area contributed by atoms with E-state index < -0.39 is 0 Å². The zero-order valence-corrected chi connectivity index (χ0v) is 12.6. The van der Waals surface area contributed by atoms with Crippen LogP contribution in [0.15, 0.2) is 38.8 Å². The van der Waals surface area contributed by atoms with Crippen LogP contribution in [-0.2, 0) is 0 Å². The molecule has 1 heterocycles. The van der Waals surface area contributed by atoms with E-state index in [4.69, 9.17) is 17.0 Å². The van der Waals surface area contributed by atoms with E-state index in [-0.39, 0.29) is 11.3 Å². The molecule has 6 heteroatoms. The Kier molecular flexibility index (Phi) is 4.49. The average molecular weight is 292 g/mol. The molecule has 0 aromatic rings. The van der Waals surface area contributed by atoms with Crippen molar-refractivity contribution in [1.29, 1.82) is 5.41 Å². The molecule has 0 radical (unpaired) electrons. The SMILES string of the molecule is CCN(CC)C(=N)/N=C1\N=C(C)C2=CC(Cl)C=CC2=N1. The number of guanidine groups is 2. The summed E-state index contributed by atoms with van der Waals surface area (Å²) < 4.78 is 0. The van der Waals surface area contributed by atoms with Crippen LogP contribution in [0.3, 0.4) is 0 Å². The first kappa shape index (κ1) is 14.7. The lowest BCUT2D eigenvalue weighted by Gasteiger charge is -2.20. The number of aliphatic imine (C=N–C) groups is 3. The van der Waals surface area contributed by atoms with Crippen LogP contribution in [-0.4, -0.2) is 46.7 Å². The lowest BCUT2D eigenvalue weighted by atomic mass is 9.99. The van der Waals surface area contributed by atoms with Crippen LogP contribution in [0, 0.1) is 5.41 Å². The van der Waals surface area contributed by atoms with Gasteiger partial charge >= 0.3 is 0 Å². The second-order valence-electron chi connectivity index (χ2n) is 4.49. The molecule has 1 aliphatic heterocycles. The molecule has 1 unspecified atom stereocenters. The van der Waals surface area contributed by atoms with Gasteiger partial charge in [0.2, 0.25) is 5.96 Å². The Hall–Kier alpha value is -1.75. The van der Waals surface area contributed by atoms with E-state index in [9.17, 15) is 0 Å². The molecule has 106 valence electrons. The molecule has 0 fully saturated rings. The van der Waals surface area contributed by atoms with Crippen molar-refractivity contribution in [3.63, 3.8) is 0 Å². The first-order valence-corrected chi connectivity index (χ1v) is 7.09. The molecule has 1 aliphatic carbocycles. The molecule has 1 N–H and O–H groups in total. The van der Waals surface area contributed by atoms with Crippen molar-refractivity contribution in [1.82, 2.24) is 4.90 Å². The van der Waals surface area contributed by atoms with E-state index in [1.165, 1.54) is 0 Å². The number of nitrogens with zero attached hydrogens (tertiary/aromatic N) is 4. The number of nitrogens with one attached hydrogen (secondary N) is 1. The Balaban J connectivity index is 2.28. The van der Waals surface area contributed by atoms with E-state index in [0.29, 0.717) is 5.96 Å². The number of halogens is 1. The van der Waals surface area contributed by atoms with Crippen molar-refractivity contribution < 1.29 is 0 Å². The number of hydrogen-bond acceptors (Lipinski definition) is 1. The zero-order valence-electron chi connectivity index (χ0n) is 11.9. The average Bonchev–Trinajstić information content (AvgIpc) is 2.41. The first-order chi connectivity index (χ1) is 9.55. The highest BCUT2D eigenvalue weighted by Crippen LogP contribution is 2.19. The molecule has 1 atom stereocenters. The normalized spacial score (nSPS) is 22.9. The van der Waals surface area contributed by atoms with Crippen molar-refractivity contribution in [2.24, 2.45) is 15.0 Å². The predicted molar refractivity (Wildman–Crippen MR) is 85.5 cm³/mol. The summed E-state index contributed by atoms with van der Waals surface area (Å²) >= 11 is 6.06. The number of alkyl halides is 1. The molecule has 20 heavy (non-hydrogen) atoms. The van der Waals surface area contributed by atoms with Crippen molar-refractivity contribution in [3.8, 4) is 0 Å². The van der Waals surface area contributed by atoms with E-state index in [1.54, 1.807) is 0 Å². The standard InChI is InChI=1S/C14H18ClN5/c1-4-20(5-2)13(16)19-14-17-9(3)11-8-10(15)6-7-12(11)18-14/h6-8,10,16H,4-5H2,1-3H3/b16-13?,19-14+. The van der Waals surface area contributed by atoms with Gasteiger partial charge in [-0.1, -0.05) is 12.2 Å². The summed E-state index contributed by atoms with van der Waals surface area (Å²) in [6, 6.07) is 0. The minimum Gasteiger partial charge on any atom is -0.342 e. The summed E-state index contributed by atoms with van der Waals surface area (Å²) in [4.78, 5) is 14.8. The highest BCUT2D eigenvalue weighted by atomic mass is 35.5. The van der Waals surface area contributed by atoms with Gasteiger partial charge in [-0.3, -0.25) is 5.41 Å². The molecule has 0 saturated heterocycles. The van der Waals surface area contributed by atoms with Gasteiger partial charge in [-0.25, -0.2) is 9.98 Å². The molecule has 0 bridgehead atoms. The van der Waals surface area contributed by atoms with Gasteiger partial charge in [0.1, 0.15) is 0 Å². The summed E-state index contributed by atoms with van der Waals surface area (Å²) in [5, 5.41) is 7.83. The molecule has 0 aromatic heterocycles. The smallest absolute Gasteiger partial charge is 0.253 e. The summed E-state index contributed by atoms with van der Waals surface area (Å²) in [5.74, 6) is 0.512. The van der Waals surface area contributed by atoms with Crippen LogP contribution in [0.25, 0.3) is 0 Å². The quantitative estimate of drug-likeness (QED) is 0.474. The molecule has 0 saturated carbocycles. The summed E-state index contributed by atoms with van der Waals surface area (Å²) in [6.45, 7) is 7.37. The first-order valence-electron chi connectivity index (χ1n) is 6.66. The maximum absolute atomic E-state index is 7.96. The molecular formula is C14H18ClN5. The van der Waals surface area contributed by atoms with Gasteiger partial charge in [-0.15, -0.1) is 11.6 Å². The fourth-order valence-corrected chi connectivity index (χ4v) is 2.26. The minimum absolute atomic E-state index is 0.124. The van der Waals surface area contributed by atoms with Crippen molar-refractivity contribution >= 4 is 34.9 Å². The molecule has 2 rings (SSSR count). The fourth-order valence-electron chi connectivity index (χ4n) is 2.06. The van der Waals surface area contributed by atoms with Gasteiger partial charge in [0.25, 0.3) is 5.96 Å². The Morgan fingerprint density at radius 3 is 2.75 bits per heavy atom. The van der Waals surface area contributed by atoms with Crippen molar-refractivity contribution in [3.05, 3.63) is 23.8 Å². The van der Waals surface area contributed by atoms with E-state index in [2.05, 4.69) is 15.0 Å². The maximum Gasteiger partial charge on any atom is 0.253 e. The third-order valence-corrected chi connectivity index (χ3v) is 3.46. The van der Waals surface area contributed by atoms with Gasteiger partial charge in [0.05, 0.1) is 16.8 Å². The number of rotatable bonds is 2. The topological polar surface area (TPSA) is 64.2 Å². The Morgan fingerprint density at radius 1 is 1.40 bits per heavy atom. The molecule has 0 spiro atoms. The maximum atomic E-state index is 7.96. The van der Waals surface area contributed by atoms with Crippen LogP contribution < -0.4 is 0 Å². The van der Waals surface area contributed by atoms with E-state index in [0.717, 1.165) is 30.1 Å². The fraction of sp³-hybridized carbons (Fsp3) is 0.429. The van der Waals surface area contributed by atoms with Crippen LogP contribution in [0.2, 0.25) is 0 Å². The third-order valence-electron chi connectivity index (χ3n) is 3.19. The highest BCUT2D eigenvalue weighted by molar-refractivity contribution is 6.36. The Morgan fingerprint density at radius 2 is 2.10 bits per heavy atom. The second kappa shape index (κ2) is 6.13. The summed E-state index contributed by atoms with van der Waals surface area (Å²) in [7, 11) is 0. The Labute approximate surface area is 124 Å². The van der Waals surface area contributed by atoms with Gasteiger partial charge in [-0.2, -0.15) is 4.99 Å². The summed E-state index contributed by atoms with van der Waals surface area (Å²) in [6.07, 6.45) is 5.67. The van der Waals surface area contributed by atoms with Gasteiger partial charge in [0.15, 0.2) is 0 Å². The lowest BCUT2D eigenvalue weighted by molar-refractivity contribution is 0.457. The Bertz CT molecular complexity index is 564. The van der Waals surface area contributed by atoms with Crippen LogP contribution in [0.1, 0.15) is 20.8 Å². The number of hydrogen-bond donors (Lipinski definition) is 1.